The summed E-state index contributed by atoms with van der Waals surface area (Å²) in [5.74, 6) is -0.721. The van der Waals surface area contributed by atoms with E-state index in [0.29, 0.717) is 22.7 Å². The molecule has 0 saturated carbocycles. The van der Waals surface area contributed by atoms with Crippen LogP contribution in [0.15, 0.2) is 109 Å². The van der Waals surface area contributed by atoms with Gasteiger partial charge >= 0.3 is 0 Å². The SMILES string of the molecule is COc1ccc([C@@H]2N(c3ccccc3)O[C@@H]3C(=O)N(c4ccc(F)cc4)C(=O)[C@@]32c2ccccc2)cc1. The Kier molecular flexibility index (Phi) is 5.50. The van der Waals surface area contributed by atoms with Crippen molar-refractivity contribution in [1.29, 1.82) is 0 Å². The second-order valence-electron chi connectivity index (χ2n) is 9.01. The van der Waals surface area contributed by atoms with Crippen LogP contribution in [0, 0.1) is 5.82 Å². The Bertz CT molecular complexity index is 1440. The van der Waals surface area contributed by atoms with E-state index in [1.54, 1.807) is 12.2 Å². The lowest BCUT2D eigenvalue weighted by atomic mass is 9.69. The summed E-state index contributed by atoms with van der Waals surface area (Å²) in [7, 11) is 1.59. The molecule has 0 aromatic heterocycles. The minimum absolute atomic E-state index is 0.296. The van der Waals surface area contributed by atoms with Crippen molar-refractivity contribution in [3.05, 3.63) is 126 Å². The Morgan fingerprint density at radius 1 is 0.784 bits per heavy atom. The smallest absolute Gasteiger partial charge is 0.267 e. The number of hydrogen-bond acceptors (Lipinski definition) is 5. The number of amides is 2. The highest BCUT2D eigenvalue weighted by Gasteiger charge is 2.72. The third-order valence-electron chi connectivity index (χ3n) is 7.08. The fourth-order valence-electron chi connectivity index (χ4n) is 5.41. The van der Waals surface area contributed by atoms with Gasteiger partial charge in [0.15, 0.2) is 6.10 Å². The highest BCUT2D eigenvalue weighted by Crippen LogP contribution is 2.57. The first-order valence-corrected chi connectivity index (χ1v) is 11.9. The summed E-state index contributed by atoms with van der Waals surface area (Å²) >= 11 is 0. The average Bonchev–Trinajstić information content (AvgIpc) is 3.41. The zero-order valence-electron chi connectivity index (χ0n) is 20.0. The highest BCUT2D eigenvalue weighted by atomic mass is 19.1. The molecule has 0 radical (unpaired) electrons. The molecule has 2 aliphatic rings. The van der Waals surface area contributed by atoms with Crippen LogP contribution < -0.4 is 14.7 Å². The number of hydrogen-bond donors (Lipinski definition) is 0. The fourth-order valence-corrected chi connectivity index (χ4v) is 5.41. The summed E-state index contributed by atoms with van der Waals surface area (Å²) in [4.78, 5) is 36.1. The van der Waals surface area contributed by atoms with E-state index in [1.165, 1.54) is 24.3 Å². The molecule has 2 amide bonds. The summed E-state index contributed by atoms with van der Waals surface area (Å²) in [6.07, 6.45) is -1.14. The van der Waals surface area contributed by atoms with Crippen molar-refractivity contribution in [2.24, 2.45) is 0 Å². The molecule has 0 unspecified atom stereocenters. The number of anilines is 2. The minimum Gasteiger partial charge on any atom is -0.497 e. The van der Waals surface area contributed by atoms with Gasteiger partial charge in [0.05, 0.1) is 18.5 Å². The van der Waals surface area contributed by atoms with Crippen molar-refractivity contribution in [2.75, 3.05) is 17.1 Å². The third kappa shape index (κ3) is 3.42. The van der Waals surface area contributed by atoms with E-state index in [-0.39, 0.29) is 0 Å². The molecule has 2 fully saturated rings. The van der Waals surface area contributed by atoms with Gasteiger partial charge in [0.1, 0.15) is 23.0 Å². The summed E-state index contributed by atoms with van der Waals surface area (Å²) in [6.45, 7) is 0. The molecular weight excluding hydrogens is 471 g/mol. The van der Waals surface area contributed by atoms with Gasteiger partial charge in [-0.05, 0) is 59.7 Å². The van der Waals surface area contributed by atoms with E-state index in [0.717, 1.165) is 10.5 Å². The number of benzene rings is 4. The van der Waals surface area contributed by atoms with Gasteiger partial charge in [0, 0.05) is 0 Å². The first-order chi connectivity index (χ1) is 18.1. The van der Waals surface area contributed by atoms with Gasteiger partial charge in [0.25, 0.3) is 5.91 Å². The molecule has 3 atom stereocenters. The van der Waals surface area contributed by atoms with Crippen LogP contribution in [0.4, 0.5) is 15.8 Å². The predicted molar refractivity (Wildman–Crippen MR) is 137 cm³/mol. The molecule has 2 saturated heterocycles. The monoisotopic (exact) mass is 494 g/mol. The van der Waals surface area contributed by atoms with Crippen molar-refractivity contribution < 1.29 is 23.6 Å². The van der Waals surface area contributed by atoms with Crippen LogP contribution in [0.25, 0.3) is 0 Å². The second kappa shape index (κ2) is 8.87. The number of nitrogens with zero attached hydrogens (tertiary/aromatic N) is 2. The summed E-state index contributed by atoms with van der Waals surface area (Å²) in [5, 5.41) is 1.66. The van der Waals surface area contributed by atoms with Crippen LogP contribution in [0.2, 0.25) is 0 Å². The Hall–Kier alpha value is -4.49. The number of imide groups is 1. The van der Waals surface area contributed by atoms with Gasteiger partial charge in [-0.15, -0.1) is 0 Å². The Morgan fingerprint density at radius 2 is 1.41 bits per heavy atom. The number of methoxy groups -OCH3 is 1. The standard InChI is InChI=1S/C30H23FN2O4/c1-36-25-18-12-20(13-19-25)26-30(21-8-4-2-5-9-21)27(37-33(26)24-10-6-3-7-11-24)28(34)32(29(30)35)23-16-14-22(31)15-17-23/h2-19,26-27H,1H3/t26-,27+,30+/m0/s1. The number of hydroxylamine groups is 1. The maximum Gasteiger partial charge on any atom is 0.267 e. The van der Waals surface area contributed by atoms with Gasteiger partial charge in [-0.1, -0.05) is 60.7 Å². The van der Waals surface area contributed by atoms with Crippen molar-refractivity contribution in [3.8, 4) is 5.75 Å². The average molecular weight is 495 g/mol. The van der Waals surface area contributed by atoms with Crippen LogP contribution in [-0.4, -0.2) is 25.0 Å². The maximum absolute atomic E-state index is 14.6. The van der Waals surface area contributed by atoms with Gasteiger partial charge in [-0.2, -0.15) is 0 Å². The molecule has 2 aliphatic heterocycles. The third-order valence-corrected chi connectivity index (χ3v) is 7.08. The molecule has 4 aromatic rings. The number of carbonyl (C=O) groups excluding carboxylic acids is 2. The largest absolute Gasteiger partial charge is 0.497 e. The molecule has 184 valence electrons. The maximum atomic E-state index is 14.6. The molecule has 6 rings (SSSR count). The lowest BCUT2D eigenvalue weighted by Crippen LogP contribution is -2.46. The first kappa shape index (κ1) is 22.9. The van der Waals surface area contributed by atoms with E-state index in [9.17, 15) is 14.0 Å². The summed E-state index contributed by atoms with van der Waals surface area (Å²) in [6, 6.07) is 30.7. The molecule has 2 heterocycles. The van der Waals surface area contributed by atoms with Gasteiger partial charge in [0.2, 0.25) is 5.91 Å². The number of fused-ring (bicyclic) bond motifs is 1. The normalized spacial score (nSPS) is 22.9. The minimum atomic E-state index is -1.41. The lowest BCUT2D eigenvalue weighted by Gasteiger charge is -2.35. The van der Waals surface area contributed by atoms with Crippen LogP contribution >= 0.6 is 0 Å². The van der Waals surface area contributed by atoms with Crippen LogP contribution in [-0.2, 0) is 19.8 Å². The number of ether oxygens (including phenoxy) is 1. The Balaban J connectivity index is 1.60. The zero-order chi connectivity index (χ0) is 25.6. The number of carbonyl (C=O) groups is 2. The van der Waals surface area contributed by atoms with Crippen LogP contribution in [0.1, 0.15) is 17.2 Å². The van der Waals surface area contributed by atoms with E-state index in [1.807, 2.05) is 84.9 Å². The molecule has 4 aromatic carbocycles. The predicted octanol–water partition coefficient (Wildman–Crippen LogP) is 5.21. The van der Waals surface area contributed by atoms with Gasteiger partial charge in [-0.25, -0.2) is 14.4 Å². The lowest BCUT2D eigenvalue weighted by molar-refractivity contribution is -0.126. The number of rotatable bonds is 5. The van der Waals surface area contributed by atoms with Crippen molar-refractivity contribution in [2.45, 2.75) is 17.6 Å². The Morgan fingerprint density at radius 3 is 2.03 bits per heavy atom. The molecule has 6 nitrogen and oxygen atoms in total. The van der Waals surface area contributed by atoms with Crippen LogP contribution in [0.5, 0.6) is 5.75 Å². The zero-order valence-corrected chi connectivity index (χ0v) is 20.0. The Labute approximate surface area is 213 Å². The molecular formula is C30H23FN2O4. The van der Waals surface area contributed by atoms with E-state index >= 15 is 0 Å². The molecule has 0 N–H and O–H groups in total. The van der Waals surface area contributed by atoms with Crippen molar-refractivity contribution in [3.63, 3.8) is 0 Å². The molecule has 7 heteroatoms. The molecule has 37 heavy (non-hydrogen) atoms. The molecule has 0 spiro atoms. The van der Waals surface area contributed by atoms with Gasteiger partial charge < -0.3 is 4.74 Å². The summed E-state index contributed by atoms with van der Waals surface area (Å²) < 4.78 is 19.1. The molecule has 0 aliphatic carbocycles. The quantitative estimate of drug-likeness (QED) is 0.357. The van der Waals surface area contributed by atoms with E-state index in [2.05, 4.69) is 0 Å². The number of para-hydroxylation sites is 1. The summed E-state index contributed by atoms with van der Waals surface area (Å²) in [5.41, 5.74) is 1.03. The van der Waals surface area contributed by atoms with Crippen LogP contribution in [0.3, 0.4) is 0 Å². The highest BCUT2D eigenvalue weighted by molar-refractivity contribution is 6.28. The second-order valence-corrected chi connectivity index (χ2v) is 9.01. The first-order valence-electron chi connectivity index (χ1n) is 11.9. The van der Waals surface area contributed by atoms with E-state index < -0.39 is 35.2 Å². The fraction of sp³-hybridized carbons (Fsp3) is 0.133. The molecule has 0 bridgehead atoms. The number of halogens is 1. The van der Waals surface area contributed by atoms with Gasteiger partial charge in [-0.3, -0.25) is 14.4 Å². The van der Waals surface area contributed by atoms with Crippen molar-refractivity contribution in [1.82, 2.24) is 0 Å². The van der Waals surface area contributed by atoms with E-state index in [4.69, 9.17) is 9.57 Å². The topological polar surface area (TPSA) is 59.1 Å². The van der Waals surface area contributed by atoms with Crippen molar-refractivity contribution >= 4 is 23.2 Å².